The van der Waals surface area contributed by atoms with E-state index in [-0.39, 0.29) is 12.2 Å². The fraction of sp³-hybridized carbons (Fsp3) is 0.370. The minimum atomic E-state index is -1.86. The number of nitrogens with zero attached hydrogens (tertiary/aromatic N) is 3. The summed E-state index contributed by atoms with van der Waals surface area (Å²) in [6.45, 7) is 15.9. The Hall–Kier alpha value is -3.66. The smallest absolute Gasteiger partial charge is 0.410 e. The summed E-state index contributed by atoms with van der Waals surface area (Å²) in [5.41, 5.74) is 2.04. The maximum atomic E-state index is 12.2. The third kappa shape index (κ3) is 10.5. The summed E-state index contributed by atoms with van der Waals surface area (Å²) in [7, 11) is -1.86. The highest BCUT2D eigenvalue weighted by Crippen LogP contribution is 2.26. The van der Waals surface area contributed by atoms with Crippen molar-refractivity contribution in [1.82, 2.24) is 9.97 Å². The highest BCUT2D eigenvalue weighted by molar-refractivity contribution is 7.75. The first kappa shape index (κ1) is 29.6. The van der Waals surface area contributed by atoms with E-state index in [0.717, 1.165) is 11.1 Å². The molecule has 1 aromatic carbocycles. The van der Waals surface area contributed by atoms with Crippen LogP contribution in [0.3, 0.4) is 0 Å². The molecule has 0 atom stereocenters. The van der Waals surface area contributed by atoms with Crippen molar-refractivity contribution in [3.8, 4) is 5.88 Å². The van der Waals surface area contributed by atoms with Crippen molar-refractivity contribution in [2.45, 2.75) is 58.5 Å². The Balaban J connectivity index is 2.21. The van der Waals surface area contributed by atoms with Crippen LogP contribution < -0.4 is 10.1 Å². The van der Waals surface area contributed by atoms with Crippen molar-refractivity contribution >= 4 is 33.9 Å². The van der Waals surface area contributed by atoms with E-state index >= 15 is 0 Å². The van der Waals surface area contributed by atoms with Gasteiger partial charge >= 0.3 is 6.09 Å². The number of benzene rings is 1. The van der Waals surface area contributed by atoms with Gasteiger partial charge in [-0.3, -0.25) is 4.36 Å². The van der Waals surface area contributed by atoms with Crippen LogP contribution in [0.2, 0.25) is 0 Å². The van der Waals surface area contributed by atoms with Crippen molar-refractivity contribution < 1.29 is 23.2 Å². The molecule has 0 saturated heterocycles. The number of ether oxygens (including phenoxy) is 3. The first-order valence-electron chi connectivity index (χ1n) is 11.9. The van der Waals surface area contributed by atoms with Crippen LogP contribution in [-0.4, -0.2) is 34.9 Å². The predicted octanol–water partition coefficient (Wildman–Crippen LogP) is 6.96. The number of allylic oxidation sites excluding steroid dienone is 4. The second-order valence-electron chi connectivity index (χ2n) is 8.83. The monoisotopic (exact) mass is 527 g/mol. The molecular weight excluding hydrogens is 492 g/mol. The number of carbonyl (C=O) groups is 1. The van der Waals surface area contributed by atoms with E-state index in [2.05, 4.69) is 26.2 Å². The molecule has 1 aromatic heterocycles. The Labute approximate surface area is 220 Å². The molecule has 37 heavy (non-hydrogen) atoms. The van der Waals surface area contributed by atoms with E-state index in [4.69, 9.17) is 14.2 Å². The zero-order valence-corrected chi connectivity index (χ0v) is 23.1. The normalized spacial score (nSPS) is 12.9. The van der Waals surface area contributed by atoms with E-state index in [0.29, 0.717) is 41.2 Å². The Kier molecular flexibility index (Phi) is 11.3. The quantitative estimate of drug-likeness (QED) is 0.190. The molecule has 0 aliphatic heterocycles. The van der Waals surface area contributed by atoms with Gasteiger partial charge in [0, 0.05) is 18.3 Å². The topological polar surface area (TPSA) is 112 Å². The molecule has 1 heterocycles. The van der Waals surface area contributed by atoms with Crippen LogP contribution in [-0.2, 0) is 24.3 Å². The lowest BCUT2D eigenvalue weighted by Gasteiger charge is -2.23. The third-order valence-corrected chi connectivity index (χ3v) is 5.52. The van der Waals surface area contributed by atoms with Gasteiger partial charge in [0.05, 0.1) is 24.5 Å². The van der Waals surface area contributed by atoms with E-state index in [9.17, 15) is 9.00 Å². The second kappa shape index (κ2) is 14.2. The number of nitrogens with one attached hydrogen (secondary N) is 1. The predicted molar refractivity (Wildman–Crippen MR) is 146 cm³/mol. The summed E-state index contributed by atoms with van der Waals surface area (Å²) in [6, 6.07) is 6.57. The molecule has 9 nitrogen and oxygen atoms in total. The number of hydrogen-bond acceptors (Lipinski definition) is 9. The minimum Gasteiger partial charge on any atom is -0.493 e. The molecular formula is C27H35N4O5S-. The summed E-state index contributed by atoms with van der Waals surface area (Å²) >= 11 is 0. The lowest BCUT2D eigenvalue weighted by atomic mass is 10.1. The maximum absolute atomic E-state index is 12.2. The van der Waals surface area contributed by atoms with Gasteiger partial charge in [0.15, 0.2) is 0 Å². The van der Waals surface area contributed by atoms with Gasteiger partial charge in [-0.25, -0.2) is 9.78 Å². The van der Waals surface area contributed by atoms with Gasteiger partial charge in [-0.15, -0.1) is 10.6 Å². The number of hydrogen-bond donors (Lipinski definition) is 1. The minimum absolute atomic E-state index is 0.164. The molecule has 0 aliphatic carbocycles. The highest BCUT2D eigenvalue weighted by atomic mass is 32.2. The van der Waals surface area contributed by atoms with Gasteiger partial charge in [-0.1, -0.05) is 41.8 Å². The molecule has 0 radical (unpaired) electrons. The molecule has 0 unspecified atom stereocenters. The Bertz CT molecular complexity index is 1220. The van der Waals surface area contributed by atoms with Crippen molar-refractivity contribution in [3.05, 3.63) is 66.6 Å². The molecule has 2 aromatic rings. The molecule has 200 valence electrons. The number of rotatable bonds is 11. The van der Waals surface area contributed by atoms with Gasteiger partial charge in [0.25, 0.3) is 0 Å². The zero-order valence-electron chi connectivity index (χ0n) is 22.2. The Morgan fingerprint density at radius 2 is 1.95 bits per heavy atom. The average molecular weight is 528 g/mol. The Morgan fingerprint density at radius 1 is 1.24 bits per heavy atom. The van der Waals surface area contributed by atoms with Crippen LogP contribution in [0.5, 0.6) is 5.88 Å². The van der Waals surface area contributed by atoms with Crippen LogP contribution >= 0.6 is 0 Å². The lowest BCUT2D eigenvalue weighted by molar-refractivity contribution is 0.0444. The van der Waals surface area contributed by atoms with Crippen molar-refractivity contribution in [2.24, 2.45) is 4.36 Å². The number of aromatic nitrogens is 2. The summed E-state index contributed by atoms with van der Waals surface area (Å²) in [5.74, 6) is 1.38. The molecule has 2 rings (SSSR count). The lowest BCUT2D eigenvalue weighted by Crippen LogP contribution is -2.19. The summed E-state index contributed by atoms with van der Waals surface area (Å²) in [4.78, 5) is 20.8. The fourth-order valence-electron chi connectivity index (χ4n) is 2.94. The molecule has 10 heteroatoms. The van der Waals surface area contributed by atoms with Gasteiger partial charge in [0.2, 0.25) is 11.8 Å². The molecule has 0 fully saturated rings. The van der Waals surface area contributed by atoms with Gasteiger partial charge in [-0.05, 0) is 59.2 Å². The third-order valence-electron chi connectivity index (χ3n) is 4.52. The molecule has 1 N–H and O–H groups in total. The van der Waals surface area contributed by atoms with Gasteiger partial charge < -0.3 is 23.7 Å². The van der Waals surface area contributed by atoms with E-state index in [1.807, 2.05) is 52.8 Å². The van der Waals surface area contributed by atoms with E-state index in [1.54, 1.807) is 37.4 Å². The second-order valence-corrected chi connectivity index (χ2v) is 9.98. The number of carbonyl (C=O) groups excluding carboxylic acids is 1. The van der Waals surface area contributed by atoms with E-state index < -0.39 is 16.7 Å². The van der Waals surface area contributed by atoms with E-state index in [1.165, 1.54) is 0 Å². The average Bonchev–Trinajstić information content (AvgIpc) is 2.82. The first-order valence-corrected chi connectivity index (χ1v) is 13.0. The van der Waals surface area contributed by atoms with Crippen LogP contribution in [0.4, 0.5) is 16.4 Å². The standard InChI is InChI=1S/C27H35N4O5S/c1-8-10-11-19(3)23-18-28-25(30-24(23)35-17-16-20(4)36-27(5,6)7)29-21-12-14-22(15-13-21)37(33)31-26(32)34-9-2/h8,10-15,18H,4,9,16-17H2,1-3,5-7H3,(H,28,29,30)/q-1/b10-8-,19-11+. The van der Waals surface area contributed by atoms with Crippen LogP contribution in [0.25, 0.3) is 5.57 Å². The van der Waals surface area contributed by atoms with Crippen LogP contribution in [0.1, 0.15) is 53.5 Å². The number of amides is 1. The van der Waals surface area contributed by atoms with Crippen LogP contribution in [0.15, 0.2) is 70.3 Å². The zero-order chi connectivity index (χ0) is 27.4. The highest BCUT2D eigenvalue weighted by Gasteiger charge is 2.14. The molecule has 0 aliphatic rings. The summed E-state index contributed by atoms with van der Waals surface area (Å²) in [6.07, 6.45) is 7.17. The molecule has 0 bridgehead atoms. The SMILES string of the molecule is C=C(CCOc1nc(Nc2ccc([S-](=O)=NC(=O)OCC)cc2)ncc1/C(C)=C/C=C\C)OC(C)(C)C. The molecule has 0 spiro atoms. The fourth-order valence-corrected chi connectivity index (χ4v) is 3.60. The molecule has 0 saturated carbocycles. The summed E-state index contributed by atoms with van der Waals surface area (Å²) < 4.78 is 32.2. The number of anilines is 2. The van der Waals surface area contributed by atoms with Gasteiger partial charge in [0.1, 0.15) is 5.60 Å². The van der Waals surface area contributed by atoms with Crippen molar-refractivity contribution in [1.29, 1.82) is 0 Å². The molecule has 1 amide bonds. The van der Waals surface area contributed by atoms with Crippen molar-refractivity contribution in [2.75, 3.05) is 18.5 Å². The largest absolute Gasteiger partial charge is 0.493 e. The van der Waals surface area contributed by atoms with Crippen molar-refractivity contribution in [3.63, 3.8) is 0 Å². The Morgan fingerprint density at radius 3 is 2.57 bits per heavy atom. The summed E-state index contributed by atoms with van der Waals surface area (Å²) in [5, 5.41) is 3.11. The first-order chi connectivity index (χ1) is 17.5. The van der Waals surface area contributed by atoms with Crippen LogP contribution in [0, 0.1) is 0 Å². The maximum Gasteiger partial charge on any atom is 0.410 e. The van der Waals surface area contributed by atoms with Gasteiger partial charge in [-0.2, -0.15) is 4.98 Å².